The second-order valence-corrected chi connectivity index (χ2v) is 6.37. The third kappa shape index (κ3) is 4.72. The molecule has 0 radical (unpaired) electrons. The number of rotatable bonds is 7. The van der Waals surface area contributed by atoms with Gasteiger partial charge >= 0.3 is 0 Å². The van der Waals surface area contributed by atoms with Crippen molar-refractivity contribution in [1.82, 2.24) is 0 Å². The minimum atomic E-state index is -0.163. The summed E-state index contributed by atoms with van der Waals surface area (Å²) < 4.78 is 16.8. The third-order valence-electron chi connectivity index (χ3n) is 3.87. The summed E-state index contributed by atoms with van der Waals surface area (Å²) in [7, 11) is 1.64. The molecule has 0 N–H and O–H groups in total. The van der Waals surface area contributed by atoms with Gasteiger partial charge in [-0.25, -0.2) is 0 Å². The number of hydrogen-bond acceptors (Lipinski definition) is 3. The van der Waals surface area contributed by atoms with Gasteiger partial charge in [0.1, 0.15) is 18.7 Å². The first kappa shape index (κ1) is 18.0. The van der Waals surface area contributed by atoms with Crippen LogP contribution in [0.25, 0.3) is 0 Å². The number of ether oxygens (including phenoxy) is 3. The molecular formula is C18H30O3. The molecule has 0 heterocycles. The summed E-state index contributed by atoms with van der Waals surface area (Å²) in [5, 5.41) is 0. The lowest BCUT2D eigenvalue weighted by atomic mass is 9.71. The van der Waals surface area contributed by atoms with Gasteiger partial charge in [0, 0.05) is 19.1 Å². The normalized spacial score (nSPS) is 19.4. The first-order valence-corrected chi connectivity index (χ1v) is 7.64. The summed E-state index contributed by atoms with van der Waals surface area (Å²) in [6.45, 7) is 15.9. The summed E-state index contributed by atoms with van der Waals surface area (Å²) in [5.41, 5.74) is 3.47. The van der Waals surface area contributed by atoms with E-state index >= 15 is 0 Å². The lowest BCUT2D eigenvalue weighted by molar-refractivity contribution is -0.0463. The lowest BCUT2D eigenvalue weighted by Gasteiger charge is -2.37. The molecule has 0 fully saturated rings. The van der Waals surface area contributed by atoms with E-state index in [9.17, 15) is 0 Å². The Bertz CT molecular complexity index is 426. The van der Waals surface area contributed by atoms with Gasteiger partial charge < -0.3 is 14.2 Å². The van der Waals surface area contributed by atoms with Crippen LogP contribution in [0.2, 0.25) is 0 Å². The highest BCUT2D eigenvalue weighted by Gasteiger charge is 2.35. The molecule has 3 heteroatoms. The van der Waals surface area contributed by atoms with E-state index in [1.807, 2.05) is 6.92 Å². The zero-order chi connectivity index (χ0) is 16.0. The van der Waals surface area contributed by atoms with Gasteiger partial charge in [0.25, 0.3) is 0 Å². The average molecular weight is 294 g/mol. The maximum atomic E-state index is 5.88. The van der Waals surface area contributed by atoms with Crippen molar-refractivity contribution in [3.63, 3.8) is 0 Å². The molecule has 1 unspecified atom stereocenters. The van der Waals surface area contributed by atoms with E-state index in [-0.39, 0.29) is 18.3 Å². The number of methoxy groups -OCH3 is 1. The van der Waals surface area contributed by atoms with E-state index in [0.717, 1.165) is 29.7 Å². The van der Waals surface area contributed by atoms with E-state index in [1.54, 1.807) is 7.11 Å². The Morgan fingerprint density at radius 1 is 1.38 bits per heavy atom. The van der Waals surface area contributed by atoms with Crippen molar-refractivity contribution < 1.29 is 14.2 Å². The van der Waals surface area contributed by atoms with Crippen LogP contribution in [-0.2, 0) is 14.2 Å². The van der Waals surface area contributed by atoms with Crippen molar-refractivity contribution in [2.24, 2.45) is 5.41 Å². The Kier molecular flexibility index (Phi) is 6.69. The zero-order valence-electron chi connectivity index (χ0n) is 14.4. The third-order valence-corrected chi connectivity index (χ3v) is 3.87. The van der Waals surface area contributed by atoms with Gasteiger partial charge in [0.15, 0.2) is 0 Å². The molecule has 0 saturated carbocycles. The van der Waals surface area contributed by atoms with Crippen molar-refractivity contribution in [2.75, 3.05) is 20.5 Å². The molecule has 0 amide bonds. The van der Waals surface area contributed by atoms with Gasteiger partial charge in [-0.1, -0.05) is 32.1 Å². The monoisotopic (exact) mass is 294 g/mol. The van der Waals surface area contributed by atoms with E-state index in [2.05, 4.69) is 40.3 Å². The van der Waals surface area contributed by atoms with Crippen LogP contribution in [0.15, 0.2) is 35.1 Å². The molecule has 3 nitrogen and oxygen atoms in total. The quantitative estimate of drug-likeness (QED) is 0.507. The standard InChI is InChI=1S/C18H30O3/c1-8-20-15-9-10-18(5,6)14(4)17(15)16(11-13(2)3)21-12-19-7/h11,16H,4,8-10,12H2,1-3,5-7H3. The van der Waals surface area contributed by atoms with Crippen molar-refractivity contribution in [2.45, 2.75) is 53.6 Å². The second kappa shape index (κ2) is 7.81. The van der Waals surface area contributed by atoms with Gasteiger partial charge in [0.2, 0.25) is 0 Å². The van der Waals surface area contributed by atoms with Crippen molar-refractivity contribution in [1.29, 1.82) is 0 Å². The maximum Gasteiger partial charge on any atom is 0.147 e. The first-order chi connectivity index (χ1) is 9.83. The summed E-state index contributed by atoms with van der Waals surface area (Å²) >= 11 is 0. The number of allylic oxidation sites excluding steroid dienone is 2. The predicted molar refractivity (Wildman–Crippen MR) is 87.0 cm³/mol. The van der Waals surface area contributed by atoms with Crippen LogP contribution in [0.1, 0.15) is 47.5 Å². The molecule has 0 bridgehead atoms. The smallest absolute Gasteiger partial charge is 0.147 e. The van der Waals surface area contributed by atoms with Gasteiger partial charge in [0.05, 0.1) is 6.61 Å². The van der Waals surface area contributed by atoms with E-state index in [1.165, 1.54) is 5.57 Å². The van der Waals surface area contributed by atoms with Crippen molar-refractivity contribution >= 4 is 0 Å². The maximum absolute atomic E-state index is 5.88. The highest BCUT2D eigenvalue weighted by molar-refractivity contribution is 5.43. The molecule has 1 rings (SSSR count). The molecule has 0 aromatic heterocycles. The Hall–Kier alpha value is -1.06. The van der Waals surface area contributed by atoms with Crippen molar-refractivity contribution in [3.05, 3.63) is 35.1 Å². The zero-order valence-corrected chi connectivity index (χ0v) is 14.4. The molecule has 0 aromatic rings. The Morgan fingerprint density at radius 3 is 2.57 bits per heavy atom. The molecule has 1 aliphatic carbocycles. The summed E-state index contributed by atoms with van der Waals surface area (Å²) in [6, 6.07) is 0. The van der Waals surface area contributed by atoms with Crippen LogP contribution < -0.4 is 0 Å². The molecule has 1 atom stereocenters. The molecule has 0 saturated heterocycles. The van der Waals surface area contributed by atoms with Crippen LogP contribution in [0.5, 0.6) is 0 Å². The molecule has 21 heavy (non-hydrogen) atoms. The van der Waals surface area contributed by atoms with E-state index < -0.39 is 0 Å². The highest BCUT2D eigenvalue weighted by Crippen LogP contribution is 2.44. The summed E-state index contributed by atoms with van der Waals surface area (Å²) in [6.07, 6.45) is 3.93. The fourth-order valence-electron chi connectivity index (χ4n) is 2.56. The van der Waals surface area contributed by atoms with Crippen LogP contribution >= 0.6 is 0 Å². The Balaban J connectivity index is 3.23. The largest absolute Gasteiger partial charge is 0.498 e. The molecule has 1 aliphatic rings. The molecular weight excluding hydrogens is 264 g/mol. The van der Waals surface area contributed by atoms with Gasteiger partial charge in [-0.3, -0.25) is 0 Å². The minimum absolute atomic E-state index is 0.0695. The predicted octanol–water partition coefficient (Wildman–Crippen LogP) is 4.61. The molecule has 0 spiro atoms. The topological polar surface area (TPSA) is 27.7 Å². The average Bonchev–Trinajstić information content (AvgIpc) is 2.40. The second-order valence-electron chi connectivity index (χ2n) is 6.37. The lowest BCUT2D eigenvalue weighted by Crippen LogP contribution is -2.29. The van der Waals surface area contributed by atoms with E-state index in [0.29, 0.717) is 6.61 Å². The minimum Gasteiger partial charge on any atom is -0.498 e. The van der Waals surface area contributed by atoms with Crippen LogP contribution in [0, 0.1) is 5.41 Å². The number of hydrogen-bond donors (Lipinski definition) is 0. The Labute approximate surface area is 129 Å². The van der Waals surface area contributed by atoms with Gasteiger partial charge in [-0.15, -0.1) is 0 Å². The molecule has 0 aliphatic heterocycles. The van der Waals surface area contributed by atoms with Crippen LogP contribution in [0.3, 0.4) is 0 Å². The van der Waals surface area contributed by atoms with Crippen LogP contribution in [-0.4, -0.2) is 26.6 Å². The van der Waals surface area contributed by atoms with Gasteiger partial charge in [-0.05, 0) is 38.2 Å². The summed E-state index contributed by atoms with van der Waals surface area (Å²) in [4.78, 5) is 0. The van der Waals surface area contributed by atoms with Crippen LogP contribution in [0.4, 0.5) is 0 Å². The van der Waals surface area contributed by atoms with E-state index in [4.69, 9.17) is 14.2 Å². The molecule has 0 aromatic carbocycles. The fraction of sp³-hybridized carbons (Fsp3) is 0.667. The Morgan fingerprint density at radius 2 is 2.05 bits per heavy atom. The molecule has 120 valence electrons. The summed E-state index contributed by atoms with van der Waals surface area (Å²) in [5.74, 6) is 1.01. The van der Waals surface area contributed by atoms with Crippen molar-refractivity contribution in [3.8, 4) is 0 Å². The van der Waals surface area contributed by atoms with Gasteiger partial charge in [-0.2, -0.15) is 0 Å². The highest BCUT2D eigenvalue weighted by atomic mass is 16.7. The fourth-order valence-corrected chi connectivity index (χ4v) is 2.56. The first-order valence-electron chi connectivity index (χ1n) is 7.64. The SMILES string of the molecule is C=C1C(C(C=C(C)C)OCOC)=C(OCC)CCC1(C)C.